The molecule has 0 atom stereocenters. The van der Waals surface area contributed by atoms with E-state index in [9.17, 15) is 0 Å². The number of rotatable bonds is 5. The minimum Gasteiger partial charge on any atom is -0.456 e. The smallest absolute Gasteiger partial charge is 0.159 e. The first-order valence-corrected chi connectivity index (χ1v) is 16.6. The Labute approximate surface area is 283 Å². The summed E-state index contributed by atoms with van der Waals surface area (Å²) in [7, 11) is 0. The molecule has 3 nitrogen and oxygen atoms in total. The van der Waals surface area contributed by atoms with E-state index in [0.717, 1.165) is 61.4 Å². The van der Waals surface area contributed by atoms with Crippen LogP contribution < -0.4 is 9.64 Å². The van der Waals surface area contributed by atoms with Gasteiger partial charge in [0, 0.05) is 33.5 Å². The van der Waals surface area contributed by atoms with Crippen LogP contribution in [0, 0.1) is 0 Å². The molecule has 0 saturated heterocycles. The zero-order chi connectivity index (χ0) is 32.3. The minimum absolute atomic E-state index is 0.829. The number of ether oxygens (including phenoxy) is 1. The molecule has 0 saturated carbocycles. The summed E-state index contributed by atoms with van der Waals surface area (Å²) in [5.74, 6) is 1.70. The van der Waals surface area contributed by atoms with Crippen LogP contribution in [0.25, 0.3) is 66.1 Å². The van der Waals surface area contributed by atoms with Gasteiger partial charge in [0.05, 0.1) is 11.4 Å². The fourth-order valence-corrected chi connectivity index (χ4v) is 7.40. The Bertz CT molecular complexity index is 2680. The van der Waals surface area contributed by atoms with Gasteiger partial charge < -0.3 is 14.1 Å². The Morgan fingerprint density at radius 1 is 0.388 bits per heavy atom. The van der Waals surface area contributed by atoms with Crippen molar-refractivity contribution < 1.29 is 9.15 Å². The summed E-state index contributed by atoms with van der Waals surface area (Å²) < 4.78 is 13.4. The first-order valence-electron chi connectivity index (χ1n) is 16.6. The van der Waals surface area contributed by atoms with Gasteiger partial charge in [0.25, 0.3) is 0 Å². The van der Waals surface area contributed by atoms with Crippen molar-refractivity contribution in [2.45, 2.75) is 0 Å². The monoisotopic (exact) mass is 627 g/mol. The van der Waals surface area contributed by atoms with Crippen LogP contribution >= 0.6 is 0 Å². The number of anilines is 3. The van der Waals surface area contributed by atoms with Crippen molar-refractivity contribution in [3.63, 3.8) is 0 Å². The van der Waals surface area contributed by atoms with Crippen LogP contribution in [0.1, 0.15) is 0 Å². The van der Waals surface area contributed by atoms with Gasteiger partial charge in [-0.25, -0.2) is 0 Å². The van der Waals surface area contributed by atoms with Gasteiger partial charge in [-0.1, -0.05) is 121 Å². The SMILES string of the molecule is c1ccc(-c2ccc3oc4c(N(c5ccccc5)c5ccc6c(c5)Oc5ccc(-c7ccccc7)c7cccc-6c57)cccc4c3c2)cc1. The Balaban J connectivity index is 1.13. The number of furan rings is 1. The molecule has 1 aliphatic heterocycles. The highest BCUT2D eigenvalue weighted by molar-refractivity contribution is 6.12. The maximum absolute atomic E-state index is 6.74. The zero-order valence-corrected chi connectivity index (χ0v) is 26.5. The van der Waals surface area contributed by atoms with Crippen molar-refractivity contribution in [3.8, 4) is 44.9 Å². The molecule has 2 heterocycles. The number of nitrogens with zero attached hydrogens (tertiary/aromatic N) is 1. The number of benzene rings is 8. The fraction of sp³-hybridized carbons (Fsp3) is 0. The third-order valence-corrected chi connectivity index (χ3v) is 9.66. The van der Waals surface area contributed by atoms with Crippen LogP contribution in [0.15, 0.2) is 180 Å². The lowest BCUT2D eigenvalue weighted by Gasteiger charge is -2.28. The standard InChI is InChI=1S/C46H29NO2/c1-4-12-30(13-5-1)32-22-26-42-40(28-32)39-20-11-21-41(46(39)49-42)47(33-16-8-3-9-17-33)34-23-24-36-38-19-10-18-37-35(31-14-6-2-7-15-31)25-27-43(45(37)38)48-44(36)29-34/h1-29H. The maximum atomic E-state index is 6.74. The van der Waals surface area contributed by atoms with Gasteiger partial charge in [0.1, 0.15) is 17.1 Å². The van der Waals surface area contributed by atoms with Gasteiger partial charge in [-0.15, -0.1) is 0 Å². The predicted molar refractivity (Wildman–Crippen MR) is 202 cm³/mol. The number of hydrogen-bond donors (Lipinski definition) is 0. The van der Waals surface area contributed by atoms with E-state index in [4.69, 9.17) is 9.15 Å². The number of fused-ring (bicyclic) bond motifs is 5. The second-order valence-electron chi connectivity index (χ2n) is 12.5. The fourth-order valence-electron chi connectivity index (χ4n) is 7.40. The lowest BCUT2D eigenvalue weighted by atomic mass is 9.90. The molecular formula is C46H29NO2. The van der Waals surface area contributed by atoms with Crippen LogP contribution in [0.5, 0.6) is 11.5 Å². The summed E-state index contributed by atoms with van der Waals surface area (Å²) in [5, 5.41) is 4.51. The average molecular weight is 628 g/mol. The van der Waals surface area contributed by atoms with Crippen LogP contribution in [-0.2, 0) is 0 Å². The van der Waals surface area contributed by atoms with E-state index < -0.39 is 0 Å². The van der Waals surface area contributed by atoms with Crippen LogP contribution in [0.2, 0.25) is 0 Å². The Morgan fingerprint density at radius 3 is 1.92 bits per heavy atom. The zero-order valence-electron chi connectivity index (χ0n) is 26.5. The highest BCUT2D eigenvalue weighted by Gasteiger charge is 2.25. The third kappa shape index (κ3) is 4.44. The topological polar surface area (TPSA) is 25.6 Å². The summed E-state index contributed by atoms with van der Waals surface area (Å²) in [5.41, 5.74) is 11.7. The van der Waals surface area contributed by atoms with Crippen LogP contribution in [0.4, 0.5) is 17.1 Å². The predicted octanol–water partition coefficient (Wildman–Crippen LogP) is 13.3. The Kier molecular flexibility index (Phi) is 6.18. The van der Waals surface area contributed by atoms with Gasteiger partial charge in [-0.2, -0.15) is 0 Å². The van der Waals surface area contributed by atoms with E-state index in [2.05, 4.69) is 169 Å². The molecule has 49 heavy (non-hydrogen) atoms. The van der Waals surface area contributed by atoms with Gasteiger partial charge in [-0.3, -0.25) is 0 Å². The molecule has 0 amide bonds. The summed E-state index contributed by atoms with van der Waals surface area (Å²) >= 11 is 0. The second-order valence-corrected chi connectivity index (χ2v) is 12.5. The molecule has 3 heteroatoms. The van der Waals surface area contributed by atoms with E-state index in [1.54, 1.807) is 0 Å². The maximum Gasteiger partial charge on any atom is 0.159 e. The summed E-state index contributed by atoms with van der Waals surface area (Å²) in [6.07, 6.45) is 0. The van der Waals surface area contributed by atoms with E-state index in [1.165, 1.54) is 33.2 Å². The van der Waals surface area contributed by atoms with Crippen LogP contribution in [-0.4, -0.2) is 0 Å². The molecule has 9 aromatic rings. The van der Waals surface area contributed by atoms with Crippen molar-refractivity contribution in [2.75, 3.05) is 4.90 Å². The third-order valence-electron chi connectivity index (χ3n) is 9.66. The van der Waals surface area contributed by atoms with Gasteiger partial charge in [0.15, 0.2) is 5.58 Å². The van der Waals surface area contributed by atoms with Crippen LogP contribution in [0.3, 0.4) is 0 Å². The highest BCUT2D eigenvalue weighted by atomic mass is 16.5. The molecule has 0 unspecified atom stereocenters. The molecule has 230 valence electrons. The first kappa shape index (κ1) is 27.5. The van der Waals surface area contributed by atoms with E-state index >= 15 is 0 Å². The number of para-hydroxylation sites is 2. The quantitative estimate of drug-likeness (QED) is 0.190. The van der Waals surface area contributed by atoms with E-state index in [0.29, 0.717) is 0 Å². The van der Waals surface area contributed by atoms with Crippen molar-refractivity contribution in [1.82, 2.24) is 0 Å². The molecule has 0 spiro atoms. The van der Waals surface area contributed by atoms with Gasteiger partial charge in [-0.05, 0) is 81.7 Å². The number of hydrogen-bond acceptors (Lipinski definition) is 3. The van der Waals surface area contributed by atoms with Crippen molar-refractivity contribution in [2.24, 2.45) is 0 Å². The normalized spacial score (nSPS) is 11.8. The molecular weight excluding hydrogens is 599 g/mol. The molecule has 1 aliphatic rings. The van der Waals surface area contributed by atoms with Gasteiger partial charge >= 0.3 is 0 Å². The molecule has 8 aromatic carbocycles. The van der Waals surface area contributed by atoms with Crippen molar-refractivity contribution in [3.05, 3.63) is 176 Å². The first-order chi connectivity index (χ1) is 24.3. The Hall–Kier alpha value is -6.58. The van der Waals surface area contributed by atoms with Gasteiger partial charge in [0.2, 0.25) is 0 Å². The lowest BCUT2D eigenvalue weighted by Crippen LogP contribution is -2.10. The molecule has 0 aliphatic carbocycles. The van der Waals surface area contributed by atoms with Crippen molar-refractivity contribution in [1.29, 1.82) is 0 Å². The molecule has 0 bridgehead atoms. The molecule has 0 fully saturated rings. The second kappa shape index (κ2) is 11.0. The lowest BCUT2D eigenvalue weighted by molar-refractivity contribution is 0.487. The Morgan fingerprint density at radius 2 is 1.10 bits per heavy atom. The van der Waals surface area contributed by atoms with E-state index in [1.807, 2.05) is 12.1 Å². The largest absolute Gasteiger partial charge is 0.456 e. The minimum atomic E-state index is 0.829. The summed E-state index contributed by atoms with van der Waals surface area (Å²) in [6.45, 7) is 0. The summed E-state index contributed by atoms with van der Waals surface area (Å²) in [6, 6.07) is 61.7. The molecule has 0 radical (unpaired) electrons. The molecule has 10 rings (SSSR count). The van der Waals surface area contributed by atoms with E-state index in [-0.39, 0.29) is 0 Å². The summed E-state index contributed by atoms with van der Waals surface area (Å²) in [4.78, 5) is 2.26. The average Bonchev–Trinajstić information content (AvgIpc) is 3.55. The van der Waals surface area contributed by atoms with Crippen molar-refractivity contribution >= 4 is 49.8 Å². The molecule has 0 N–H and O–H groups in total. The molecule has 1 aromatic heterocycles. The highest BCUT2D eigenvalue weighted by Crippen LogP contribution is 2.51.